The van der Waals surface area contributed by atoms with E-state index in [0.717, 1.165) is 35.7 Å². The smallest absolute Gasteiger partial charge is 0.107 e. The Labute approximate surface area is 127 Å². The van der Waals surface area contributed by atoms with Crippen molar-refractivity contribution >= 4 is 22.9 Å². The molecule has 0 spiro atoms. The number of piperazine rings is 1. The second-order valence-electron chi connectivity index (χ2n) is 5.88. The molecule has 0 aromatic carbocycles. The summed E-state index contributed by atoms with van der Waals surface area (Å²) in [5.41, 5.74) is 9.92. The molecule has 1 saturated heterocycles. The number of hydrogen-bond acceptors (Lipinski definition) is 4. The fourth-order valence-electron chi connectivity index (χ4n) is 2.96. The van der Waals surface area contributed by atoms with Gasteiger partial charge in [0, 0.05) is 36.6 Å². The van der Waals surface area contributed by atoms with Crippen molar-refractivity contribution in [1.82, 2.24) is 9.88 Å². The van der Waals surface area contributed by atoms with Crippen LogP contribution in [0.1, 0.15) is 30.8 Å². The van der Waals surface area contributed by atoms with Gasteiger partial charge in [0.05, 0.1) is 11.3 Å². The molecule has 1 aromatic rings. The van der Waals surface area contributed by atoms with Crippen LogP contribution in [0.15, 0.2) is 6.07 Å². The molecule has 1 aliphatic rings. The normalized spacial score (nSPS) is 23.9. The average molecular weight is 292 g/mol. The lowest BCUT2D eigenvalue weighted by molar-refractivity contribution is 0.170. The van der Waals surface area contributed by atoms with Crippen LogP contribution >= 0.6 is 12.2 Å². The van der Waals surface area contributed by atoms with Crippen molar-refractivity contribution in [3.63, 3.8) is 0 Å². The second kappa shape index (κ2) is 5.66. The molecule has 0 radical (unpaired) electrons. The Morgan fingerprint density at radius 3 is 2.35 bits per heavy atom. The molecule has 5 heteroatoms. The first-order valence-corrected chi connectivity index (χ1v) is 7.47. The first-order chi connectivity index (χ1) is 9.31. The van der Waals surface area contributed by atoms with E-state index in [0.29, 0.717) is 17.1 Å². The van der Waals surface area contributed by atoms with Gasteiger partial charge in [-0.2, -0.15) is 0 Å². The number of nitrogens with zero attached hydrogens (tertiary/aromatic N) is 3. The minimum atomic E-state index is 0.434. The molecule has 0 aliphatic carbocycles. The minimum absolute atomic E-state index is 0.434. The van der Waals surface area contributed by atoms with Crippen molar-refractivity contribution < 1.29 is 0 Å². The number of nitrogens with two attached hydrogens (primary N) is 1. The summed E-state index contributed by atoms with van der Waals surface area (Å²) in [6.07, 6.45) is 0. The molecular formula is C15H24N4S. The summed E-state index contributed by atoms with van der Waals surface area (Å²) < 4.78 is 0. The zero-order chi connectivity index (χ0) is 15.0. The Morgan fingerprint density at radius 1 is 1.30 bits per heavy atom. The summed E-state index contributed by atoms with van der Waals surface area (Å²) in [5, 5.41) is 0. The molecule has 0 bridgehead atoms. The quantitative estimate of drug-likeness (QED) is 0.843. The summed E-state index contributed by atoms with van der Waals surface area (Å²) in [7, 11) is 2.18. The van der Waals surface area contributed by atoms with E-state index in [1.54, 1.807) is 0 Å². The lowest BCUT2D eigenvalue weighted by atomic mass is 10.0. The molecule has 2 atom stereocenters. The van der Waals surface area contributed by atoms with Crippen molar-refractivity contribution in [3.8, 4) is 0 Å². The predicted molar refractivity (Wildman–Crippen MR) is 88.5 cm³/mol. The van der Waals surface area contributed by atoms with Gasteiger partial charge in [-0.15, -0.1) is 0 Å². The molecule has 2 N–H and O–H groups in total. The maximum Gasteiger partial charge on any atom is 0.107 e. The molecular weight excluding hydrogens is 268 g/mol. The summed E-state index contributed by atoms with van der Waals surface area (Å²) in [4.78, 5) is 9.74. The Bertz CT molecular complexity index is 517. The fraction of sp³-hybridized carbons (Fsp3) is 0.600. The third kappa shape index (κ3) is 2.79. The van der Waals surface area contributed by atoms with Crippen LogP contribution in [0.4, 0.5) is 5.69 Å². The number of thiocarbonyl (C=S) groups is 1. The van der Waals surface area contributed by atoms with Gasteiger partial charge in [0.15, 0.2) is 0 Å². The number of aryl methyl sites for hydroxylation is 2. The van der Waals surface area contributed by atoms with Gasteiger partial charge in [0.2, 0.25) is 0 Å². The molecule has 0 amide bonds. The van der Waals surface area contributed by atoms with Crippen LogP contribution in [0.25, 0.3) is 0 Å². The van der Waals surface area contributed by atoms with Crippen molar-refractivity contribution in [1.29, 1.82) is 0 Å². The predicted octanol–water partition coefficient (Wildman–Crippen LogP) is 1.86. The lowest BCUT2D eigenvalue weighted by Gasteiger charge is -2.44. The van der Waals surface area contributed by atoms with Gasteiger partial charge < -0.3 is 10.6 Å². The van der Waals surface area contributed by atoms with E-state index >= 15 is 0 Å². The number of anilines is 1. The third-order valence-corrected chi connectivity index (χ3v) is 4.46. The van der Waals surface area contributed by atoms with E-state index in [1.165, 1.54) is 0 Å². The number of aromatic nitrogens is 1. The van der Waals surface area contributed by atoms with Gasteiger partial charge in [0.25, 0.3) is 0 Å². The summed E-state index contributed by atoms with van der Waals surface area (Å²) in [6.45, 7) is 10.5. The summed E-state index contributed by atoms with van der Waals surface area (Å²) in [5.74, 6) is 0. The number of hydrogen-bond donors (Lipinski definition) is 1. The van der Waals surface area contributed by atoms with Gasteiger partial charge in [-0.25, -0.2) is 0 Å². The monoisotopic (exact) mass is 292 g/mol. The van der Waals surface area contributed by atoms with Crippen LogP contribution in [-0.2, 0) is 0 Å². The van der Waals surface area contributed by atoms with Gasteiger partial charge in [-0.1, -0.05) is 12.2 Å². The maximum absolute atomic E-state index is 5.92. The van der Waals surface area contributed by atoms with E-state index < -0.39 is 0 Å². The molecule has 1 aromatic heterocycles. The van der Waals surface area contributed by atoms with Crippen LogP contribution in [0.3, 0.4) is 0 Å². The molecule has 2 heterocycles. The van der Waals surface area contributed by atoms with E-state index in [4.69, 9.17) is 18.0 Å². The maximum atomic E-state index is 5.92. The minimum Gasteiger partial charge on any atom is -0.389 e. The Kier molecular flexibility index (Phi) is 4.30. The van der Waals surface area contributed by atoms with E-state index in [1.807, 2.05) is 13.8 Å². The van der Waals surface area contributed by atoms with Gasteiger partial charge >= 0.3 is 0 Å². The number of likely N-dealkylation sites (N-methyl/N-ethyl adjacent to an activating group) is 1. The van der Waals surface area contributed by atoms with Crippen molar-refractivity contribution in [2.45, 2.75) is 39.8 Å². The molecule has 1 fully saturated rings. The highest BCUT2D eigenvalue weighted by Gasteiger charge is 2.28. The Balaban J connectivity index is 2.44. The van der Waals surface area contributed by atoms with Gasteiger partial charge in [-0.3, -0.25) is 9.88 Å². The van der Waals surface area contributed by atoms with Crippen LogP contribution in [0.2, 0.25) is 0 Å². The molecule has 2 rings (SSSR count). The zero-order valence-electron chi connectivity index (χ0n) is 13.0. The molecule has 20 heavy (non-hydrogen) atoms. The fourth-order valence-corrected chi connectivity index (χ4v) is 3.22. The van der Waals surface area contributed by atoms with E-state index in [9.17, 15) is 0 Å². The van der Waals surface area contributed by atoms with Crippen molar-refractivity contribution in [2.75, 3.05) is 25.0 Å². The number of pyridine rings is 1. The van der Waals surface area contributed by atoms with E-state index in [2.05, 4.69) is 41.7 Å². The highest BCUT2D eigenvalue weighted by molar-refractivity contribution is 7.80. The standard InChI is InChI=1S/C15H24N4S/c1-9-6-13(14(15(16)20)12(4)17-9)19-7-10(2)18(5)11(3)8-19/h6,10-11H,7-8H2,1-5H3,(H2,16,20). The van der Waals surface area contributed by atoms with Crippen molar-refractivity contribution in [3.05, 3.63) is 23.0 Å². The van der Waals surface area contributed by atoms with Crippen LogP contribution in [-0.4, -0.2) is 47.1 Å². The summed E-state index contributed by atoms with van der Waals surface area (Å²) >= 11 is 5.23. The topological polar surface area (TPSA) is 45.4 Å². The highest BCUT2D eigenvalue weighted by Crippen LogP contribution is 2.27. The summed E-state index contributed by atoms with van der Waals surface area (Å²) in [6, 6.07) is 3.12. The SMILES string of the molecule is Cc1cc(N2CC(C)N(C)C(C)C2)c(C(N)=S)c(C)n1. The average Bonchev–Trinajstić information content (AvgIpc) is 2.33. The molecule has 2 unspecified atom stereocenters. The largest absolute Gasteiger partial charge is 0.389 e. The van der Waals surface area contributed by atoms with Gasteiger partial charge in [-0.05, 0) is 40.8 Å². The Morgan fingerprint density at radius 2 is 1.85 bits per heavy atom. The van der Waals surface area contributed by atoms with E-state index in [-0.39, 0.29) is 0 Å². The molecule has 1 aliphatic heterocycles. The highest BCUT2D eigenvalue weighted by atomic mass is 32.1. The third-order valence-electron chi connectivity index (χ3n) is 4.25. The van der Waals surface area contributed by atoms with Crippen LogP contribution < -0.4 is 10.6 Å². The zero-order valence-corrected chi connectivity index (χ0v) is 13.8. The number of rotatable bonds is 2. The van der Waals surface area contributed by atoms with Crippen LogP contribution in [0.5, 0.6) is 0 Å². The lowest BCUT2D eigenvalue weighted by Crippen LogP contribution is -2.55. The molecule has 4 nitrogen and oxygen atoms in total. The molecule has 110 valence electrons. The van der Waals surface area contributed by atoms with Gasteiger partial charge in [0.1, 0.15) is 4.99 Å². The van der Waals surface area contributed by atoms with Crippen LogP contribution in [0, 0.1) is 13.8 Å². The van der Waals surface area contributed by atoms with Crippen molar-refractivity contribution in [2.24, 2.45) is 5.73 Å². The first kappa shape index (κ1) is 15.2. The molecule has 0 saturated carbocycles. The first-order valence-electron chi connectivity index (χ1n) is 7.06. The second-order valence-corrected chi connectivity index (χ2v) is 6.32. The Hall–Kier alpha value is -1.20.